The number of para-hydroxylation sites is 1. The number of phenolic OH excluding ortho intramolecular Hbond substituents is 1. The van der Waals surface area contributed by atoms with Gasteiger partial charge in [0.1, 0.15) is 10.6 Å². The van der Waals surface area contributed by atoms with E-state index in [2.05, 4.69) is 30.9 Å². The fraction of sp³-hybridized carbons (Fsp3) is 0.0303. The SMILES string of the molecule is O=C(O)C1=NN(c2ccccc2)C(=O)C1N=Nc1ccc(C(=O)Nc2ccc3c(O)c(N=Nc4ccccc4)c(S(=O)(=O)O)cc3c2)cc1. The smallest absolute Gasteiger partial charge is 0.355 e. The molecule has 5 aromatic rings. The first-order valence-electron chi connectivity index (χ1n) is 14.3. The molecule has 0 bridgehead atoms. The molecule has 15 nitrogen and oxygen atoms in total. The molecule has 1 unspecified atom stereocenters. The fourth-order valence-electron chi connectivity index (χ4n) is 4.79. The summed E-state index contributed by atoms with van der Waals surface area (Å²) in [5, 5.41) is 44.1. The molecule has 1 aliphatic rings. The quantitative estimate of drug-likeness (QED) is 0.101. The van der Waals surface area contributed by atoms with Crippen molar-refractivity contribution in [3.8, 4) is 5.75 Å². The number of benzene rings is 5. The number of carbonyl (C=O) groups is 3. The van der Waals surface area contributed by atoms with Crippen molar-refractivity contribution in [2.24, 2.45) is 25.6 Å². The number of phenols is 1. The Hall–Kier alpha value is -6.65. The normalized spacial score (nSPS) is 14.9. The van der Waals surface area contributed by atoms with Gasteiger partial charge in [-0.1, -0.05) is 36.4 Å². The van der Waals surface area contributed by atoms with Gasteiger partial charge in [0, 0.05) is 16.6 Å². The predicted molar refractivity (Wildman–Crippen MR) is 178 cm³/mol. The predicted octanol–water partition coefficient (Wildman–Crippen LogP) is 6.40. The van der Waals surface area contributed by atoms with Gasteiger partial charge in [-0.15, -0.1) is 5.11 Å². The second-order valence-corrected chi connectivity index (χ2v) is 11.8. The van der Waals surface area contributed by atoms with E-state index < -0.39 is 56.0 Å². The molecule has 0 aliphatic carbocycles. The molecule has 5 aromatic carbocycles. The monoisotopic (exact) mass is 677 g/mol. The molecule has 0 saturated carbocycles. The van der Waals surface area contributed by atoms with Gasteiger partial charge in [-0.25, -0.2) is 4.79 Å². The molecule has 0 fully saturated rings. The maximum absolute atomic E-state index is 13.0. The molecule has 0 spiro atoms. The molecule has 16 heteroatoms. The van der Waals surface area contributed by atoms with E-state index in [0.29, 0.717) is 11.4 Å². The summed E-state index contributed by atoms with van der Waals surface area (Å²) in [6.07, 6.45) is 0. The van der Waals surface area contributed by atoms with Crippen molar-refractivity contribution in [2.45, 2.75) is 10.9 Å². The number of aliphatic carboxylic acids is 1. The third-order valence-electron chi connectivity index (χ3n) is 7.16. The Morgan fingerprint density at radius 1 is 0.816 bits per heavy atom. The lowest BCUT2D eigenvalue weighted by atomic mass is 10.1. The van der Waals surface area contributed by atoms with E-state index in [9.17, 15) is 37.6 Å². The number of carboxylic acid groups (broad SMARTS) is 1. The second-order valence-electron chi connectivity index (χ2n) is 10.4. The maximum atomic E-state index is 13.0. The summed E-state index contributed by atoms with van der Waals surface area (Å²) in [5.74, 6) is -3.21. The van der Waals surface area contributed by atoms with Gasteiger partial charge in [-0.2, -0.15) is 33.9 Å². The Morgan fingerprint density at radius 2 is 1.47 bits per heavy atom. The van der Waals surface area contributed by atoms with Crippen molar-refractivity contribution in [3.05, 3.63) is 115 Å². The molecule has 6 rings (SSSR count). The molecule has 0 aromatic heterocycles. The van der Waals surface area contributed by atoms with Crippen LogP contribution in [0.15, 0.2) is 140 Å². The van der Waals surface area contributed by atoms with Crippen LogP contribution < -0.4 is 10.3 Å². The first-order chi connectivity index (χ1) is 23.5. The van der Waals surface area contributed by atoms with Gasteiger partial charge in [0.2, 0.25) is 6.04 Å². The maximum Gasteiger partial charge on any atom is 0.355 e. The van der Waals surface area contributed by atoms with Crippen LogP contribution in [0.2, 0.25) is 0 Å². The minimum Gasteiger partial charge on any atom is -0.505 e. The molecule has 0 saturated heterocycles. The van der Waals surface area contributed by atoms with E-state index in [0.717, 1.165) is 11.1 Å². The minimum atomic E-state index is -4.85. The highest BCUT2D eigenvalue weighted by atomic mass is 32.2. The number of carboxylic acids is 1. The average molecular weight is 678 g/mol. The highest BCUT2D eigenvalue weighted by molar-refractivity contribution is 7.86. The summed E-state index contributed by atoms with van der Waals surface area (Å²) >= 11 is 0. The van der Waals surface area contributed by atoms with E-state index in [1.165, 1.54) is 42.5 Å². The Kier molecular flexibility index (Phi) is 8.72. The van der Waals surface area contributed by atoms with Crippen LogP contribution in [0.25, 0.3) is 10.8 Å². The van der Waals surface area contributed by atoms with Gasteiger partial charge >= 0.3 is 5.97 Å². The molecule has 244 valence electrons. The van der Waals surface area contributed by atoms with E-state index in [-0.39, 0.29) is 27.7 Å². The molecular formula is C33H23N7O8S. The number of hydrogen-bond acceptors (Lipinski definition) is 11. The summed E-state index contributed by atoms with van der Waals surface area (Å²) < 4.78 is 34.3. The number of azo groups is 2. The molecule has 1 aliphatic heterocycles. The number of nitrogens with zero attached hydrogens (tertiary/aromatic N) is 6. The summed E-state index contributed by atoms with van der Waals surface area (Å²) in [6, 6.07) is 26.3. The topological polar surface area (TPSA) is 223 Å². The van der Waals surface area contributed by atoms with Crippen LogP contribution in [0.1, 0.15) is 10.4 Å². The van der Waals surface area contributed by atoms with Crippen LogP contribution in [-0.2, 0) is 19.7 Å². The number of hydrazone groups is 1. The standard InChI is InChI=1S/C33H23N7O8S/c41-30-25-16-15-23(17-20(25)18-26(49(46,47)48)27(30)37-35-21-7-3-1-4-8-21)34-31(42)19-11-13-22(14-12-19)36-38-28-29(33(44)45)39-40(32(28)43)24-9-5-2-6-10-24/h1-18,28,41H,(H,34,42)(H,44,45)(H,46,47,48). The number of carbonyl (C=O) groups excluding carboxylic acids is 2. The van der Waals surface area contributed by atoms with Gasteiger partial charge in [0.15, 0.2) is 11.5 Å². The first-order valence-corrected chi connectivity index (χ1v) is 15.7. The summed E-state index contributed by atoms with van der Waals surface area (Å²) in [7, 11) is -4.85. The number of hydrogen-bond donors (Lipinski definition) is 4. The zero-order valence-corrected chi connectivity index (χ0v) is 25.8. The summed E-state index contributed by atoms with van der Waals surface area (Å²) in [5.41, 5.74) is 0.473. The van der Waals surface area contributed by atoms with Crippen molar-refractivity contribution < 1.29 is 37.6 Å². The molecule has 1 heterocycles. The number of fused-ring (bicyclic) bond motifs is 1. The summed E-state index contributed by atoms with van der Waals surface area (Å²) in [6.45, 7) is 0. The molecule has 0 radical (unpaired) electrons. The zero-order valence-electron chi connectivity index (χ0n) is 24.9. The number of rotatable bonds is 9. The molecule has 1 atom stereocenters. The van der Waals surface area contributed by atoms with Crippen LogP contribution >= 0.6 is 0 Å². The van der Waals surface area contributed by atoms with Crippen LogP contribution in [-0.4, -0.2) is 52.7 Å². The van der Waals surface area contributed by atoms with Crippen molar-refractivity contribution >= 4 is 72.8 Å². The van der Waals surface area contributed by atoms with Crippen LogP contribution in [0.4, 0.5) is 28.4 Å². The zero-order chi connectivity index (χ0) is 34.7. The molecule has 49 heavy (non-hydrogen) atoms. The largest absolute Gasteiger partial charge is 0.505 e. The second kappa shape index (κ2) is 13.2. The minimum absolute atomic E-state index is 0.175. The van der Waals surface area contributed by atoms with Crippen LogP contribution in [0, 0.1) is 0 Å². The Balaban J connectivity index is 1.19. The first kappa shape index (κ1) is 32.3. The molecule has 2 amide bonds. The van der Waals surface area contributed by atoms with E-state index >= 15 is 0 Å². The van der Waals surface area contributed by atoms with Crippen molar-refractivity contribution in [3.63, 3.8) is 0 Å². The Labute approximate surface area is 277 Å². The molecule has 4 N–H and O–H groups in total. The highest BCUT2D eigenvalue weighted by Crippen LogP contribution is 2.42. The Bertz CT molecular complexity index is 2310. The van der Waals surface area contributed by atoms with Gasteiger partial charge in [0.25, 0.3) is 21.9 Å². The van der Waals surface area contributed by atoms with E-state index in [1.807, 2.05) is 0 Å². The van der Waals surface area contributed by atoms with E-state index in [1.54, 1.807) is 60.7 Å². The highest BCUT2D eigenvalue weighted by Gasteiger charge is 2.41. The lowest BCUT2D eigenvalue weighted by molar-refractivity contribution is -0.130. The number of aromatic hydroxyl groups is 1. The van der Waals surface area contributed by atoms with Crippen LogP contribution in [0.3, 0.4) is 0 Å². The fourth-order valence-corrected chi connectivity index (χ4v) is 5.45. The third kappa shape index (κ3) is 6.90. The average Bonchev–Trinajstić information content (AvgIpc) is 3.43. The van der Waals surface area contributed by atoms with Crippen molar-refractivity contribution in [2.75, 3.05) is 10.3 Å². The van der Waals surface area contributed by atoms with E-state index in [4.69, 9.17) is 0 Å². The lowest BCUT2D eigenvalue weighted by Crippen LogP contribution is -2.32. The van der Waals surface area contributed by atoms with Crippen molar-refractivity contribution in [1.82, 2.24) is 0 Å². The van der Waals surface area contributed by atoms with Gasteiger partial charge in [-0.05, 0) is 78.2 Å². The number of anilines is 2. The summed E-state index contributed by atoms with van der Waals surface area (Å²) in [4.78, 5) is 37.0. The van der Waals surface area contributed by atoms with Crippen molar-refractivity contribution in [1.29, 1.82) is 0 Å². The lowest BCUT2D eigenvalue weighted by Gasteiger charge is -2.11. The third-order valence-corrected chi connectivity index (χ3v) is 8.02. The number of nitrogens with one attached hydrogen (secondary N) is 1. The van der Waals surface area contributed by atoms with Gasteiger partial charge in [0.05, 0.1) is 17.1 Å². The number of amides is 2. The molecular weight excluding hydrogens is 654 g/mol. The van der Waals surface area contributed by atoms with Gasteiger partial charge < -0.3 is 15.5 Å². The van der Waals surface area contributed by atoms with Crippen LogP contribution in [0.5, 0.6) is 5.75 Å². The Morgan fingerprint density at radius 3 is 2.12 bits per heavy atom. The van der Waals surface area contributed by atoms with Gasteiger partial charge in [-0.3, -0.25) is 14.1 Å².